The van der Waals surface area contributed by atoms with Crippen LogP contribution in [-0.2, 0) is 14.3 Å². The van der Waals surface area contributed by atoms with Gasteiger partial charge in [-0.2, -0.15) is 0 Å². The molecule has 4 rings (SSSR count). The summed E-state index contributed by atoms with van der Waals surface area (Å²) in [7, 11) is 0. The highest BCUT2D eigenvalue weighted by molar-refractivity contribution is 6.46. The zero-order valence-corrected chi connectivity index (χ0v) is 21.3. The van der Waals surface area contributed by atoms with Crippen LogP contribution >= 0.6 is 0 Å². The quantitative estimate of drug-likeness (QED) is 0.318. The minimum Gasteiger partial charge on any atom is -0.872 e. The van der Waals surface area contributed by atoms with Crippen molar-refractivity contribution in [1.29, 1.82) is 0 Å². The van der Waals surface area contributed by atoms with E-state index in [4.69, 9.17) is 9.47 Å². The average Bonchev–Trinajstić information content (AvgIpc) is 3.13. The molecule has 1 amide bonds. The van der Waals surface area contributed by atoms with Gasteiger partial charge in [-0.3, -0.25) is 14.6 Å². The Hall–Kier alpha value is -3.23. The first-order valence-electron chi connectivity index (χ1n) is 12.7. The number of Topliss-reactive ketones (excluding diaryl/α,β-unsaturated/α-hetero) is 1. The topological polar surface area (TPSA) is 96.2 Å². The molecule has 1 unspecified atom stereocenters. The molecule has 1 aromatic carbocycles. The molecule has 36 heavy (non-hydrogen) atoms. The van der Waals surface area contributed by atoms with Gasteiger partial charge < -0.3 is 24.4 Å². The maximum Gasteiger partial charge on any atom is 0.295 e. The Morgan fingerprint density at radius 2 is 2.03 bits per heavy atom. The van der Waals surface area contributed by atoms with E-state index in [0.717, 1.165) is 44.8 Å². The molecule has 0 radical (unpaired) electrons. The number of likely N-dealkylation sites (tertiary alicyclic amines) is 1. The minimum absolute atomic E-state index is 0.0121. The molecule has 0 aliphatic carbocycles. The van der Waals surface area contributed by atoms with E-state index < -0.39 is 23.5 Å². The van der Waals surface area contributed by atoms with Crippen molar-refractivity contribution in [3.8, 4) is 5.75 Å². The smallest absolute Gasteiger partial charge is 0.295 e. The summed E-state index contributed by atoms with van der Waals surface area (Å²) in [6, 6.07) is 7.97. The van der Waals surface area contributed by atoms with E-state index >= 15 is 0 Å². The number of nitrogens with one attached hydrogen (secondary N) is 1. The summed E-state index contributed by atoms with van der Waals surface area (Å²) < 4.78 is 11.3. The number of rotatable bonds is 9. The van der Waals surface area contributed by atoms with Crippen molar-refractivity contribution >= 4 is 17.4 Å². The van der Waals surface area contributed by atoms with Crippen LogP contribution in [0, 0.1) is 12.8 Å². The zero-order valence-electron chi connectivity index (χ0n) is 21.3. The molecule has 3 heterocycles. The lowest BCUT2D eigenvalue weighted by Crippen LogP contribution is -3.14. The Bertz CT molecular complexity index is 1110. The van der Waals surface area contributed by atoms with Crippen LogP contribution in [0.4, 0.5) is 0 Å². The molecule has 8 nitrogen and oxygen atoms in total. The third-order valence-electron chi connectivity index (χ3n) is 6.67. The van der Waals surface area contributed by atoms with E-state index in [0.29, 0.717) is 35.9 Å². The Morgan fingerprint density at radius 1 is 1.25 bits per heavy atom. The number of ether oxygens (including phenoxy) is 2. The van der Waals surface area contributed by atoms with Gasteiger partial charge in [0.2, 0.25) is 5.78 Å². The number of ketones is 1. The van der Waals surface area contributed by atoms with Crippen molar-refractivity contribution in [1.82, 2.24) is 9.88 Å². The number of nitrogens with zero attached hydrogens (tertiary/aromatic N) is 2. The van der Waals surface area contributed by atoms with Gasteiger partial charge in [0, 0.05) is 30.9 Å². The molecule has 8 heteroatoms. The second kappa shape index (κ2) is 11.7. The summed E-state index contributed by atoms with van der Waals surface area (Å²) in [4.78, 5) is 33.5. The summed E-state index contributed by atoms with van der Waals surface area (Å²) in [6.45, 7) is 11.2. The first-order chi connectivity index (χ1) is 17.4. The first kappa shape index (κ1) is 25.9. The van der Waals surface area contributed by atoms with Crippen molar-refractivity contribution in [3.05, 3.63) is 65.0 Å². The summed E-state index contributed by atoms with van der Waals surface area (Å²) in [5.74, 6) is -0.709. The molecule has 2 saturated heterocycles. The van der Waals surface area contributed by atoms with Gasteiger partial charge in [0.25, 0.3) is 5.91 Å². The fraction of sp³-hybridized carbons (Fsp3) is 0.464. The van der Waals surface area contributed by atoms with Crippen LogP contribution in [0.2, 0.25) is 0 Å². The highest BCUT2D eigenvalue weighted by atomic mass is 16.5. The molecule has 0 bridgehead atoms. The second-order valence-corrected chi connectivity index (χ2v) is 9.91. The highest BCUT2D eigenvalue weighted by Crippen LogP contribution is 2.38. The fourth-order valence-electron chi connectivity index (χ4n) is 4.76. The number of quaternary nitrogens is 1. The normalized spacial score (nSPS) is 20.3. The number of aryl methyl sites for hydroxylation is 1. The van der Waals surface area contributed by atoms with Gasteiger partial charge in [-0.05, 0) is 47.7 Å². The van der Waals surface area contributed by atoms with Crippen molar-refractivity contribution in [2.45, 2.75) is 33.2 Å². The van der Waals surface area contributed by atoms with E-state index in [9.17, 15) is 14.7 Å². The predicted molar refractivity (Wildman–Crippen MR) is 133 cm³/mol. The van der Waals surface area contributed by atoms with Crippen molar-refractivity contribution < 1.29 is 29.1 Å². The van der Waals surface area contributed by atoms with Crippen LogP contribution in [0.1, 0.15) is 43.0 Å². The number of morpholine rings is 1. The summed E-state index contributed by atoms with van der Waals surface area (Å²) in [5.41, 5.74) is 1.82. The largest absolute Gasteiger partial charge is 0.872 e. The molecule has 1 aromatic heterocycles. The lowest BCUT2D eigenvalue weighted by molar-refractivity contribution is -0.908. The maximum atomic E-state index is 13.7. The van der Waals surface area contributed by atoms with Gasteiger partial charge in [0.05, 0.1) is 32.4 Å². The van der Waals surface area contributed by atoms with Crippen LogP contribution in [0.25, 0.3) is 5.76 Å². The Labute approximate surface area is 212 Å². The number of pyridine rings is 1. The standard InChI is InChI=1S/C28H35N3O5/c1-19(2)18-36-23-8-7-21(16-20(23)3)26(32)24-25(22-6-4-9-29-17-22)31(28(34)27(24)33)11-5-10-30-12-14-35-15-13-30/h4,6-9,16-17,19,25,32H,5,10-15,18H2,1-3H3. The maximum absolute atomic E-state index is 13.7. The van der Waals surface area contributed by atoms with Crippen LogP contribution in [0.3, 0.4) is 0 Å². The fourth-order valence-corrected chi connectivity index (χ4v) is 4.76. The van der Waals surface area contributed by atoms with Gasteiger partial charge in [-0.15, -0.1) is 0 Å². The lowest BCUT2D eigenvalue weighted by Gasteiger charge is -2.28. The lowest BCUT2D eigenvalue weighted by atomic mass is 9.95. The Morgan fingerprint density at radius 3 is 2.69 bits per heavy atom. The van der Waals surface area contributed by atoms with Gasteiger partial charge in [0.1, 0.15) is 18.8 Å². The Balaban J connectivity index is 1.63. The molecule has 2 aliphatic heterocycles. The summed E-state index contributed by atoms with van der Waals surface area (Å²) in [5, 5.41) is 13.7. The van der Waals surface area contributed by atoms with Crippen LogP contribution in [-0.4, -0.2) is 67.6 Å². The van der Waals surface area contributed by atoms with Crippen molar-refractivity contribution in [2.75, 3.05) is 46.0 Å². The number of benzene rings is 1. The van der Waals surface area contributed by atoms with Gasteiger partial charge in [-0.1, -0.05) is 31.7 Å². The minimum atomic E-state index is -0.747. The first-order valence-corrected chi connectivity index (χ1v) is 12.7. The van der Waals surface area contributed by atoms with Gasteiger partial charge in [-0.25, -0.2) is 0 Å². The molecule has 2 fully saturated rings. The average molecular weight is 494 g/mol. The molecule has 2 aliphatic rings. The third-order valence-corrected chi connectivity index (χ3v) is 6.67. The predicted octanol–water partition coefficient (Wildman–Crippen LogP) is 0.954. The van der Waals surface area contributed by atoms with Crippen LogP contribution < -0.4 is 14.7 Å². The second-order valence-electron chi connectivity index (χ2n) is 9.91. The van der Waals surface area contributed by atoms with Crippen LogP contribution in [0.5, 0.6) is 5.75 Å². The van der Waals surface area contributed by atoms with Gasteiger partial charge >= 0.3 is 0 Å². The molecule has 192 valence electrons. The molecular weight excluding hydrogens is 458 g/mol. The van der Waals surface area contributed by atoms with E-state index in [1.807, 2.05) is 13.0 Å². The highest BCUT2D eigenvalue weighted by Gasteiger charge is 2.44. The van der Waals surface area contributed by atoms with E-state index in [2.05, 4.69) is 18.8 Å². The zero-order chi connectivity index (χ0) is 25.7. The third kappa shape index (κ3) is 5.77. The SMILES string of the molecule is Cc1cc(C([O-])=C2C(=O)C(=O)N(CCC[NH+]3CCOCC3)C2c2cccnc2)ccc1OCC(C)C. The van der Waals surface area contributed by atoms with Crippen molar-refractivity contribution in [3.63, 3.8) is 0 Å². The summed E-state index contributed by atoms with van der Waals surface area (Å²) in [6.07, 6.45) is 3.99. The van der Waals surface area contributed by atoms with E-state index in [1.54, 1.807) is 41.6 Å². The number of amides is 1. The monoisotopic (exact) mass is 493 g/mol. The molecule has 0 saturated carbocycles. The number of aromatic nitrogens is 1. The Kier molecular flexibility index (Phi) is 8.38. The summed E-state index contributed by atoms with van der Waals surface area (Å²) >= 11 is 0. The molecule has 1 atom stereocenters. The van der Waals surface area contributed by atoms with Crippen LogP contribution in [0.15, 0.2) is 48.3 Å². The molecule has 2 aromatic rings. The van der Waals surface area contributed by atoms with Gasteiger partial charge in [0.15, 0.2) is 0 Å². The number of carbonyl (C=O) groups excluding carboxylic acids is 2. The molecular formula is C28H35N3O5. The number of carbonyl (C=O) groups is 2. The van der Waals surface area contributed by atoms with Crippen molar-refractivity contribution in [2.24, 2.45) is 5.92 Å². The van der Waals surface area contributed by atoms with E-state index in [1.165, 1.54) is 4.90 Å². The molecule has 1 N–H and O–H groups in total. The number of hydrogen-bond donors (Lipinski definition) is 1. The molecule has 0 spiro atoms. The van der Waals surface area contributed by atoms with E-state index in [-0.39, 0.29) is 5.57 Å². The number of hydrogen-bond acceptors (Lipinski definition) is 6.